The minimum Gasteiger partial charge on any atom is -0.501 e. The first-order valence-corrected chi connectivity index (χ1v) is 9.79. The molecule has 0 fully saturated rings. The Labute approximate surface area is 187 Å². The van der Waals surface area contributed by atoms with Crippen molar-refractivity contribution in [3.05, 3.63) is 70.8 Å². The molecule has 0 bridgehead atoms. The van der Waals surface area contributed by atoms with Crippen molar-refractivity contribution in [3.63, 3.8) is 0 Å². The molecule has 0 heterocycles. The highest BCUT2D eigenvalue weighted by Gasteiger charge is 2.27. The molecule has 0 saturated heterocycles. The van der Waals surface area contributed by atoms with Gasteiger partial charge in [-0.1, -0.05) is 37.8 Å². The lowest BCUT2D eigenvalue weighted by Crippen LogP contribution is -2.43. The monoisotopic (exact) mass is 460 g/mol. The summed E-state index contributed by atoms with van der Waals surface area (Å²) >= 11 is 6.16. The van der Waals surface area contributed by atoms with Crippen LogP contribution in [0.25, 0.3) is 0 Å². The average molecular weight is 461 g/mol. The van der Waals surface area contributed by atoms with Crippen molar-refractivity contribution in [3.8, 4) is 0 Å². The summed E-state index contributed by atoms with van der Waals surface area (Å²) in [6.07, 6.45) is 2.37. The maximum Gasteiger partial charge on any atom is 0.221 e. The zero-order valence-electron chi connectivity index (χ0n) is 18.5. The Bertz CT molecular complexity index is 784. The van der Waals surface area contributed by atoms with Crippen molar-refractivity contribution in [1.82, 2.24) is 10.6 Å². The first-order valence-electron chi connectivity index (χ1n) is 9.42. The molecule has 1 amide bonds. The number of nitrogens with one attached hydrogen (secondary N) is 2. The van der Waals surface area contributed by atoms with Crippen LogP contribution in [0.15, 0.2) is 70.8 Å². The highest BCUT2D eigenvalue weighted by Crippen LogP contribution is 2.27. The molecule has 31 heavy (non-hydrogen) atoms. The number of carbonyl (C=O) groups is 1. The van der Waals surface area contributed by atoms with E-state index in [1.807, 2.05) is 0 Å². The van der Waals surface area contributed by atoms with Crippen LogP contribution in [-0.2, 0) is 14.3 Å². The molecule has 9 heteroatoms. The number of ether oxygens (including phenoxy) is 2. The van der Waals surface area contributed by atoms with Crippen LogP contribution in [0.4, 0.5) is 8.78 Å². The molecule has 3 N–H and O–H groups in total. The van der Waals surface area contributed by atoms with Gasteiger partial charge in [0.15, 0.2) is 5.83 Å². The highest BCUT2D eigenvalue weighted by molar-refractivity contribution is 6.32. The van der Waals surface area contributed by atoms with Crippen LogP contribution >= 0.6 is 11.6 Å². The lowest BCUT2D eigenvalue weighted by Gasteiger charge is -2.29. The lowest BCUT2D eigenvalue weighted by atomic mass is 9.98. The van der Waals surface area contributed by atoms with E-state index in [0.29, 0.717) is 12.0 Å². The molecule has 2 unspecified atom stereocenters. The van der Waals surface area contributed by atoms with Crippen molar-refractivity contribution in [2.45, 2.75) is 39.3 Å². The van der Waals surface area contributed by atoms with Gasteiger partial charge in [0, 0.05) is 25.4 Å². The van der Waals surface area contributed by atoms with Gasteiger partial charge in [0.25, 0.3) is 0 Å². The second-order valence-corrected chi connectivity index (χ2v) is 6.83. The fourth-order valence-corrected chi connectivity index (χ4v) is 2.97. The van der Waals surface area contributed by atoms with E-state index in [1.165, 1.54) is 40.2 Å². The van der Waals surface area contributed by atoms with E-state index in [1.54, 1.807) is 6.92 Å². The predicted octanol–water partition coefficient (Wildman–Crippen LogP) is 4.28. The van der Waals surface area contributed by atoms with Crippen LogP contribution in [0.3, 0.4) is 0 Å². The number of halogens is 3. The summed E-state index contributed by atoms with van der Waals surface area (Å²) in [7, 11) is 2.63. The first kappa shape index (κ1) is 28.6. The Hall–Kier alpha value is -2.42. The number of hydrogen-bond donors (Lipinski definition) is 3. The highest BCUT2D eigenvalue weighted by atomic mass is 35.5. The van der Waals surface area contributed by atoms with Crippen molar-refractivity contribution in [1.29, 1.82) is 0 Å². The Morgan fingerprint density at radius 2 is 1.90 bits per heavy atom. The number of methoxy groups -OCH3 is 2. The molecule has 6 nitrogen and oxygen atoms in total. The van der Waals surface area contributed by atoms with Gasteiger partial charge in [0.2, 0.25) is 5.91 Å². The number of carbonyl (C=O) groups excluding carboxylic acids is 1. The molecule has 0 aromatic heterocycles. The van der Waals surface area contributed by atoms with E-state index in [2.05, 4.69) is 28.5 Å². The van der Waals surface area contributed by atoms with Crippen LogP contribution < -0.4 is 10.6 Å². The summed E-state index contributed by atoms with van der Waals surface area (Å²) in [6.45, 7) is 11.7. The van der Waals surface area contributed by atoms with Crippen LogP contribution in [0.2, 0.25) is 0 Å². The SMILES string of the molecule is C=C/C(=C(Cl)\C(F)=C\OC)C(NC(/C=C(\C)F)=C(\CC)C(=C)NC(C)=O)C(O)COC. The van der Waals surface area contributed by atoms with Crippen molar-refractivity contribution < 1.29 is 28.2 Å². The largest absolute Gasteiger partial charge is 0.501 e. The maximum absolute atomic E-state index is 14.3. The van der Waals surface area contributed by atoms with Gasteiger partial charge in [-0.2, -0.15) is 0 Å². The third-order valence-electron chi connectivity index (χ3n) is 3.99. The molecule has 0 spiro atoms. The van der Waals surface area contributed by atoms with Gasteiger partial charge < -0.3 is 25.2 Å². The van der Waals surface area contributed by atoms with Crippen molar-refractivity contribution in [2.75, 3.05) is 20.8 Å². The zero-order chi connectivity index (χ0) is 24.1. The Morgan fingerprint density at radius 1 is 1.29 bits per heavy atom. The summed E-state index contributed by atoms with van der Waals surface area (Å²) < 4.78 is 37.8. The summed E-state index contributed by atoms with van der Waals surface area (Å²) in [5.74, 6) is -1.80. The van der Waals surface area contributed by atoms with Crippen molar-refractivity contribution in [2.24, 2.45) is 0 Å². The molecule has 0 aliphatic heterocycles. The first-order chi connectivity index (χ1) is 14.5. The Morgan fingerprint density at radius 3 is 2.32 bits per heavy atom. The van der Waals surface area contributed by atoms with Crippen LogP contribution in [-0.4, -0.2) is 44.0 Å². The van der Waals surface area contributed by atoms with E-state index in [9.17, 15) is 18.7 Å². The lowest BCUT2D eigenvalue weighted by molar-refractivity contribution is -0.118. The molecule has 174 valence electrons. The van der Waals surface area contributed by atoms with E-state index in [4.69, 9.17) is 16.3 Å². The van der Waals surface area contributed by atoms with Gasteiger partial charge in [-0.05, 0) is 30.6 Å². The number of hydrogen-bond acceptors (Lipinski definition) is 5. The summed E-state index contributed by atoms with van der Waals surface area (Å²) in [4.78, 5) is 11.5. The quantitative estimate of drug-likeness (QED) is 0.282. The number of aliphatic hydroxyl groups excluding tert-OH is 1. The molecule has 0 radical (unpaired) electrons. The molecular formula is C22H31ClF2N2O4. The fourth-order valence-electron chi connectivity index (χ4n) is 2.73. The molecule has 0 aromatic carbocycles. The Kier molecular flexibility index (Phi) is 13.4. The maximum atomic E-state index is 14.3. The molecule has 0 saturated carbocycles. The van der Waals surface area contributed by atoms with Crippen LogP contribution in [0, 0.1) is 0 Å². The summed E-state index contributed by atoms with van der Waals surface area (Å²) in [5.41, 5.74) is 1.01. The van der Waals surface area contributed by atoms with Gasteiger partial charge in [0.05, 0.1) is 30.6 Å². The van der Waals surface area contributed by atoms with E-state index in [-0.39, 0.29) is 34.5 Å². The van der Waals surface area contributed by atoms with Gasteiger partial charge in [0.1, 0.15) is 12.4 Å². The second-order valence-electron chi connectivity index (χ2n) is 6.46. The predicted molar refractivity (Wildman–Crippen MR) is 119 cm³/mol. The Balaban J connectivity index is 6.71. The third kappa shape index (κ3) is 9.50. The fraction of sp³-hybridized carbons (Fsp3) is 0.409. The molecule has 0 aliphatic carbocycles. The van der Waals surface area contributed by atoms with Gasteiger partial charge in [-0.15, -0.1) is 0 Å². The van der Waals surface area contributed by atoms with Gasteiger partial charge in [-0.25, -0.2) is 8.78 Å². The summed E-state index contributed by atoms with van der Waals surface area (Å²) in [6, 6.07) is -1.06. The number of allylic oxidation sites excluding steroid dienone is 5. The van der Waals surface area contributed by atoms with Crippen molar-refractivity contribution >= 4 is 17.5 Å². The van der Waals surface area contributed by atoms with E-state index < -0.39 is 23.8 Å². The van der Waals surface area contributed by atoms with Gasteiger partial charge in [-0.3, -0.25) is 4.79 Å². The van der Waals surface area contributed by atoms with Gasteiger partial charge >= 0.3 is 0 Å². The topological polar surface area (TPSA) is 79.8 Å². The minimum absolute atomic E-state index is 0.0834. The second kappa shape index (κ2) is 14.6. The number of amides is 1. The van der Waals surface area contributed by atoms with E-state index in [0.717, 1.165) is 6.26 Å². The molecule has 2 atom stereocenters. The number of rotatable bonds is 13. The normalized spacial score (nSPS) is 15.9. The molecule has 0 aliphatic rings. The third-order valence-corrected chi connectivity index (χ3v) is 4.38. The molecule has 0 rings (SSSR count). The van der Waals surface area contributed by atoms with Crippen LogP contribution in [0.5, 0.6) is 0 Å². The average Bonchev–Trinajstić information content (AvgIpc) is 2.67. The zero-order valence-corrected chi connectivity index (χ0v) is 19.3. The summed E-state index contributed by atoms with van der Waals surface area (Å²) in [5, 5.41) is 15.8. The smallest absolute Gasteiger partial charge is 0.221 e. The molecule has 0 aromatic rings. The van der Waals surface area contributed by atoms with E-state index >= 15 is 0 Å². The molecular weight excluding hydrogens is 430 g/mol. The minimum atomic E-state index is -1.22. The van der Waals surface area contributed by atoms with Crippen LogP contribution in [0.1, 0.15) is 27.2 Å². The standard InChI is InChI=1S/C22H31ClF2N2O4/c1-8-16(14(4)26-15(5)28)19(10-13(3)24)27-22(20(29)12-31-7)17(9-2)21(23)18(25)11-30-6/h9-11,20,22,27,29H,2,4,8,12H2,1,3,5-7H3,(H,26,28)/b13-10+,18-11-,19-16+,21-17-. The number of aliphatic hydroxyl groups is 1.